The van der Waals surface area contributed by atoms with Gasteiger partial charge in [-0.05, 0) is 23.5 Å². The molecular weight excluding hydrogens is 172 g/mol. The van der Waals surface area contributed by atoms with E-state index >= 15 is 0 Å². The predicted molar refractivity (Wildman–Crippen MR) is 59.3 cm³/mol. The van der Waals surface area contributed by atoms with Crippen LogP contribution in [0.5, 0.6) is 0 Å². The average Bonchev–Trinajstić information content (AvgIpc) is 2.49. The molecule has 0 atom stereocenters. The zero-order valence-electron chi connectivity index (χ0n) is 8.96. The van der Waals surface area contributed by atoms with Crippen molar-refractivity contribution in [2.75, 3.05) is 0 Å². The van der Waals surface area contributed by atoms with Crippen LogP contribution >= 0.6 is 0 Å². The summed E-state index contributed by atoms with van der Waals surface area (Å²) in [5, 5.41) is 1.20. The summed E-state index contributed by atoms with van der Waals surface area (Å²) in [5.74, 6) is 0. The lowest BCUT2D eigenvalue weighted by molar-refractivity contribution is 0.412. The number of aromatic nitrogens is 2. The summed E-state index contributed by atoms with van der Waals surface area (Å²) >= 11 is 0. The van der Waals surface area contributed by atoms with E-state index in [2.05, 4.69) is 36.8 Å². The maximum absolute atomic E-state index is 4.25. The highest BCUT2D eigenvalue weighted by Crippen LogP contribution is 2.24. The van der Waals surface area contributed by atoms with Gasteiger partial charge in [0.2, 0.25) is 0 Å². The molecule has 14 heavy (non-hydrogen) atoms. The molecule has 2 nitrogen and oxygen atoms in total. The SMILES string of the molecule is CC(C)(C)Cc1cncc2cc[nH]c12. The number of H-pyrrole nitrogens is 1. The molecule has 0 bridgehead atoms. The van der Waals surface area contributed by atoms with Crippen molar-refractivity contribution in [1.82, 2.24) is 9.97 Å². The van der Waals surface area contributed by atoms with E-state index in [0.717, 1.165) is 6.42 Å². The zero-order chi connectivity index (χ0) is 10.2. The van der Waals surface area contributed by atoms with Crippen LogP contribution in [0, 0.1) is 5.41 Å². The second-order valence-corrected chi connectivity index (χ2v) is 4.98. The van der Waals surface area contributed by atoms with Gasteiger partial charge in [0.05, 0.1) is 5.52 Å². The number of aromatic amines is 1. The summed E-state index contributed by atoms with van der Waals surface area (Å²) < 4.78 is 0. The second kappa shape index (κ2) is 3.12. The highest BCUT2D eigenvalue weighted by Gasteiger charge is 2.13. The number of nitrogens with zero attached hydrogens (tertiary/aromatic N) is 1. The third-order valence-corrected chi connectivity index (χ3v) is 2.27. The molecule has 0 saturated heterocycles. The van der Waals surface area contributed by atoms with Gasteiger partial charge >= 0.3 is 0 Å². The van der Waals surface area contributed by atoms with Crippen molar-refractivity contribution in [3.05, 3.63) is 30.2 Å². The molecule has 0 aromatic carbocycles. The Morgan fingerprint density at radius 3 is 2.79 bits per heavy atom. The van der Waals surface area contributed by atoms with Crippen molar-refractivity contribution in [2.24, 2.45) is 5.41 Å². The number of fused-ring (bicyclic) bond motifs is 1. The fourth-order valence-electron chi connectivity index (χ4n) is 1.74. The number of pyridine rings is 1. The van der Waals surface area contributed by atoms with E-state index in [4.69, 9.17) is 0 Å². The summed E-state index contributed by atoms with van der Waals surface area (Å²) in [7, 11) is 0. The highest BCUT2D eigenvalue weighted by atomic mass is 14.7. The van der Waals surface area contributed by atoms with Gasteiger partial charge in [0.15, 0.2) is 0 Å². The number of hydrogen-bond donors (Lipinski definition) is 1. The molecule has 0 amide bonds. The minimum Gasteiger partial charge on any atom is -0.361 e. The van der Waals surface area contributed by atoms with Crippen LogP contribution < -0.4 is 0 Å². The molecule has 0 spiro atoms. The topological polar surface area (TPSA) is 28.7 Å². The van der Waals surface area contributed by atoms with Crippen molar-refractivity contribution in [2.45, 2.75) is 27.2 Å². The van der Waals surface area contributed by atoms with E-state index in [-0.39, 0.29) is 0 Å². The Hall–Kier alpha value is -1.31. The van der Waals surface area contributed by atoms with Crippen molar-refractivity contribution >= 4 is 10.9 Å². The Bertz CT molecular complexity index is 435. The third-order valence-electron chi connectivity index (χ3n) is 2.27. The van der Waals surface area contributed by atoms with E-state index in [1.54, 1.807) is 0 Å². The Morgan fingerprint density at radius 2 is 2.07 bits per heavy atom. The molecule has 2 rings (SSSR count). The Labute approximate surface area is 84.4 Å². The van der Waals surface area contributed by atoms with Crippen LogP contribution in [0.25, 0.3) is 10.9 Å². The molecule has 0 saturated carbocycles. The fourth-order valence-corrected chi connectivity index (χ4v) is 1.74. The van der Waals surface area contributed by atoms with Gasteiger partial charge < -0.3 is 4.98 Å². The van der Waals surface area contributed by atoms with Crippen LogP contribution in [0.2, 0.25) is 0 Å². The van der Waals surface area contributed by atoms with Crippen LogP contribution in [0.3, 0.4) is 0 Å². The average molecular weight is 188 g/mol. The first-order chi connectivity index (χ1) is 6.56. The zero-order valence-corrected chi connectivity index (χ0v) is 8.96. The lowest BCUT2D eigenvalue weighted by Gasteiger charge is -2.18. The summed E-state index contributed by atoms with van der Waals surface area (Å²) in [4.78, 5) is 7.52. The largest absolute Gasteiger partial charge is 0.361 e. The standard InChI is InChI=1S/C12H16N2/c1-12(2,3)6-10-8-13-7-9-4-5-14-11(9)10/h4-5,7-8,14H,6H2,1-3H3. The van der Waals surface area contributed by atoms with Gasteiger partial charge in [0.25, 0.3) is 0 Å². The first-order valence-corrected chi connectivity index (χ1v) is 4.96. The summed E-state index contributed by atoms with van der Waals surface area (Å²) in [6, 6.07) is 2.06. The molecule has 0 aliphatic rings. The van der Waals surface area contributed by atoms with E-state index in [1.807, 2.05) is 18.6 Å². The first kappa shape index (κ1) is 9.25. The minimum absolute atomic E-state index is 0.307. The predicted octanol–water partition coefficient (Wildman–Crippen LogP) is 3.15. The summed E-state index contributed by atoms with van der Waals surface area (Å²) in [6.07, 6.45) is 6.89. The molecule has 2 aromatic rings. The van der Waals surface area contributed by atoms with Crippen molar-refractivity contribution in [3.63, 3.8) is 0 Å². The van der Waals surface area contributed by atoms with Gasteiger partial charge in [-0.15, -0.1) is 0 Å². The van der Waals surface area contributed by atoms with Crippen LogP contribution in [0.4, 0.5) is 0 Å². The van der Waals surface area contributed by atoms with Crippen LogP contribution in [-0.2, 0) is 6.42 Å². The molecule has 74 valence electrons. The minimum atomic E-state index is 0.307. The number of hydrogen-bond acceptors (Lipinski definition) is 1. The molecule has 0 unspecified atom stereocenters. The molecule has 2 heterocycles. The summed E-state index contributed by atoms with van der Waals surface area (Å²) in [6.45, 7) is 6.73. The lowest BCUT2D eigenvalue weighted by atomic mass is 9.88. The molecule has 0 aliphatic heterocycles. The maximum Gasteiger partial charge on any atom is 0.0517 e. The van der Waals surface area contributed by atoms with E-state index in [9.17, 15) is 0 Å². The normalized spacial score (nSPS) is 12.2. The van der Waals surface area contributed by atoms with Crippen LogP contribution in [0.1, 0.15) is 26.3 Å². The van der Waals surface area contributed by atoms with Crippen molar-refractivity contribution in [3.8, 4) is 0 Å². The highest BCUT2D eigenvalue weighted by molar-refractivity contribution is 5.81. The number of rotatable bonds is 1. The summed E-state index contributed by atoms with van der Waals surface area (Å²) in [5.41, 5.74) is 2.84. The molecule has 2 heteroatoms. The molecule has 0 radical (unpaired) electrons. The number of nitrogens with one attached hydrogen (secondary N) is 1. The molecule has 1 N–H and O–H groups in total. The maximum atomic E-state index is 4.25. The third kappa shape index (κ3) is 1.79. The van der Waals surface area contributed by atoms with Crippen molar-refractivity contribution in [1.29, 1.82) is 0 Å². The van der Waals surface area contributed by atoms with E-state index in [0.29, 0.717) is 5.41 Å². The Morgan fingerprint density at radius 1 is 1.29 bits per heavy atom. The molecule has 0 aliphatic carbocycles. The quantitative estimate of drug-likeness (QED) is 0.731. The van der Waals surface area contributed by atoms with E-state index < -0.39 is 0 Å². The van der Waals surface area contributed by atoms with Gasteiger partial charge in [0, 0.05) is 24.0 Å². The van der Waals surface area contributed by atoms with Gasteiger partial charge in [0.1, 0.15) is 0 Å². The lowest BCUT2D eigenvalue weighted by Crippen LogP contribution is -2.09. The second-order valence-electron chi connectivity index (χ2n) is 4.98. The van der Waals surface area contributed by atoms with E-state index in [1.165, 1.54) is 16.5 Å². The van der Waals surface area contributed by atoms with Gasteiger partial charge in [-0.3, -0.25) is 4.98 Å². The molecule has 2 aromatic heterocycles. The molecular formula is C12H16N2. The monoisotopic (exact) mass is 188 g/mol. The van der Waals surface area contributed by atoms with Crippen LogP contribution in [0.15, 0.2) is 24.7 Å². The van der Waals surface area contributed by atoms with Crippen LogP contribution in [-0.4, -0.2) is 9.97 Å². The van der Waals surface area contributed by atoms with Gasteiger partial charge in [-0.25, -0.2) is 0 Å². The first-order valence-electron chi connectivity index (χ1n) is 4.96. The Balaban J connectivity index is 2.46. The fraction of sp³-hybridized carbons (Fsp3) is 0.417. The molecule has 0 fully saturated rings. The van der Waals surface area contributed by atoms with Crippen molar-refractivity contribution < 1.29 is 0 Å². The Kier molecular flexibility index (Phi) is 2.06. The van der Waals surface area contributed by atoms with Gasteiger partial charge in [-0.1, -0.05) is 20.8 Å². The smallest absolute Gasteiger partial charge is 0.0517 e. The van der Waals surface area contributed by atoms with Gasteiger partial charge in [-0.2, -0.15) is 0 Å².